The van der Waals surface area contributed by atoms with Crippen LogP contribution in [0.15, 0.2) is 0 Å². The molecule has 0 atom stereocenters. The Labute approximate surface area is 135 Å². The van der Waals surface area contributed by atoms with Crippen molar-refractivity contribution in [2.24, 2.45) is 0 Å². The van der Waals surface area contributed by atoms with Crippen LogP contribution < -0.4 is 59.1 Å². The van der Waals surface area contributed by atoms with Gasteiger partial charge < -0.3 is 32.8 Å². The number of carbonyl (C=O) groups is 4. The van der Waals surface area contributed by atoms with Crippen LogP contribution in [-0.4, -0.2) is 45.0 Å². The second-order valence-corrected chi connectivity index (χ2v) is 1.27. The quantitative estimate of drug-likeness (QED) is 0.188. The Bertz CT molecular complexity index is 236. The Hall–Kier alpha value is -0.520. The Morgan fingerprint density at radius 2 is 0.938 bits per heavy atom. The summed E-state index contributed by atoms with van der Waals surface area (Å²) in [6, 6.07) is 0. The van der Waals surface area contributed by atoms with Crippen molar-refractivity contribution in [1.29, 1.82) is 0 Å². The molecule has 10 nitrogen and oxygen atoms in total. The van der Waals surface area contributed by atoms with E-state index in [2.05, 4.69) is 9.47 Å². The van der Waals surface area contributed by atoms with Crippen LogP contribution in [0.4, 0.5) is 19.2 Å². The molecule has 0 aliphatic carbocycles. The van der Waals surface area contributed by atoms with Gasteiger partial charge in [0.1, 0.15) is 0 Å². The first-order valence-corrected chi connectivity index (χ1v) is 2.53. The molecule has 16 heavy (non-hydrogen) atoms. The van der Waals surface area contributed by atoms with E-state index < -0.39 is 24.6 Å². The van der Waals surface area contributed by atoms with Crippen LogP contribution in [0.25, 0.3) is 0 Å². The fraction of sp³-hybridized carbons (Fsp3) is 0. The fourth-order valence-electron chi connectivity index (χ4n) is 0.163. The molecule has 0 fully saturated rings. The van der Waals surface area contributed by atoms with Crippen LogP contribution in [0.1, 0.15) is 2.85 Å². The van der Waals surface area contributed by atoms with Gasteiger partial charge in [0.05, 0.1) is 0 Å². The zero-order valence-electron chi connectivity index (χ0n) is 10.2. The molecule has 0 aromatic rings. The van der Waals surface area contributed by atoms with Crippen molar-refractivity contribution in [3.63, 3.8) is 0 Å². The monoisotopic (exact) mass is 260 g/mol. The minimum Gasteiger partial charge on any atom is -1.00 e. The molecule has 0 aromatic carbocycles. The summed E-state index contributed by atoms with van der Waals surface area (Å²) in [5, 5.41) is 29.3. The van der Waals surface area contributed by atoms with Crippen molar-refractivity contribution in [2.75, 3.05) is 0 Å². The van der Waals surface area contributed by atoms with Crippen molar-refractivity contribution in [3.05, 3.63) is 0 Å². The van der Waals surface area contributed by atoms with Crippen LogP contribution in [0.3, 0.4) is 0 Å². The molecule has 0 heterocycles. The summed E-state index contributed by atoms with van der Waals surface area (Å²) in [6.45, 7) is 0. The summed E-state index contributed by atoms with van der Waals surface area (Å²) < 4.78 is 6.47. The molecule has 0 spiro atoms. The van der Waals surface area contributed by atoms with E-state index in [1.807, 2.05) is 0 Å². The van der Waals surface area contributed by atoms with E-state index in [0.29, 0.717) is 0 Å². The van der Waals surface area contributed by atoms with Gasteiger partial charge in [0.15, 0.2) is 0 Å². The topological polar surface area (TPSA) is 168 Å². The van der Waals surface area contributed by atoms with Gasteiger partial charge >= 0.3 is 83.7 Å². The molecule has 0 amide bonds. The van der Waals surface area contributed by atoms with Crippen molar-refractivity contribution in [3.8, 4) is 0 Å². The third-order valence-corrected chi connectivity index (χ3v) is 0.341. The summed E-state index contributed by atoms with van der Waals surface area (Å²) in [7, 11) is 0. The second-order valence-electron chi connectivity index (χ2n) is 1.27. The van der Waals surface area contributed by atoms with Gasteiger partial charge in [0, 0.05) is 0 Å². The second kappa shape index (κ2) is 14.5. The largest absolute Gasteiger partial charge is 1.00 e. The van der Waals surface area contributed by atoms with E-state index in [1.54, 1.807) is 0 Å². The predicted octanol–water partition coefficient (Wildman–Crippen LogP) is -5.05. The van der Waals surface area contributed by atoms with E-state index >= 15 is 0 Å². The third kappa shape index (κ3) is 37.5. The Kier molecular flexibility index (Phi) is 22.3. The Morgan fingerprint density at radius 1 is 0.750 bits per heavy atom. The van der Waals surface area contributed by atoms with Crippen LogP contribution >= 0.6 is 0 Å². The van der Waals surface area contributed by atoms with E-state index in [-0.39, 0.29) is 62.0 Å². The summed E-state index contributed by atoms with van der Waals surface area (Å²) >= 11 is 0. The molecule has 0 aromatic heterocycles. The number of hydrogen-bond acceptors (Lipinski definition) is 6. The van der Waals surface area contributed by atoms with Crippen LogP contribution in [0, 0.1) is 0 Å². The van der Waals surface area contributed by atoms with Gasteiger partial charge in [-0.25, -0.2) is 19.2 Å². The molecule has 84 valence electrons. The van der Waals surface area contributed by atoms with Crippen molar-refractivity contribution in [2.45, 2.75) is 0 Å². The molecule has 0 rings (SSSR count). The number of ether oxygens (including phenoxy) is 2. The van der Waals surface area contributed by atoms with Gasteiger partial charge in [-0.1, -0.05) is 0 Å². The maximum Gasteiger partial charge on any atom is 1.00 e. The van der Waals surface area contributed by atoms with Crippen molar-refractivity contribution >= 4 is 24.6 Å². The number of hydrogen-bond donors (Lipinski definition) is 4. The van der Waals surface area contributed by atoms with E-state index in [4.69, 9.17) is 25.2 Å². The van der Waals surface area contributed by atoms with Crippen molar-refractivity contribution in [1.82, 2.24) is 0 Å². The van der Waals surface area contributed by atoms with Gasteiger partial charge in [-0.3, -0.25) is 0 Å². The summed E-state index contributed by atoms with van der Waals surface area (Å²) in [5.74, 6) is 0. The molecule has 0 saturated heterocycles. The average molecular weight is 260 g/mol. The molecule has 4 N–H and O–H groups in total. The predicted molar refractivity (Wildman–Crippen MR) is 36.5 cm³/mol. The molecular formula is C4H6Na2O10. The maximum absolute atomic E-state index is 9.86. The molecule has 0 radical (unpaired) electrons. The minimum absolute atomic E-state index is 0. The zero-order valence-corrected chi connectivity index (χ0v) is 12.2. The molecule has 0 bridgehead atoms. The molecule has 0 aliphatic heterocycles. The first-order valence-electron chi connectivity index (χ1n) is 2.53. The summed E-state index contributed by atoms with van der Waals surface area (Å²) in [4.78, 5) is 37.4. The van der Waals surface area contributed by atoms with Gasteiger partial charge in [-0.05, 0) is 0 Å². The van der Waals surface area contributed by atoms with E-state index in [0.717, 1.165) is 0 Å². The van der Waals surface area contributed by atoms with Gasteiger partial charge in [-0.15, -0.1) is 0 Å². The van der Waals surface area contributed by atoms with Crippen molar-refractivity contribution < 1.29 is 111 Å². The average Bonchev–Trinajstić information content (AvgIpc) is 1.79. The molecule has 12 heteroatoms. The normalized spacial score (nSPS) is 6.50. The number of carboxylic acid groups (broad SMARTS) is 4. The Balaban J connectivity index is -0.0000000402. The minimum atomic E-state index is -1.92. The molecule has 0 unspecified atom stereocenters. The Morgan fingerprint density at radius 3 is 1.06 bits per heavy atom. The first kappa shape index (κ1) is 24.6. The SMILES string of the molecule is O=C(O)O.O=C(O)OC(=O)OC(=O)O.[H-].[H-].[Na+].[Na+]. The summed E-state index contributed by atoms with van der Waals surface area (Å²) in [5.41, 5.74) is 0. The summed E-state index contributed by atoms with van der Waals surface area (Å²) in [6.07, 6.45) is -7.47. The van der Waals surface area contributed by atoms with Gasteiger partial charge in [0.2, 0.25) is 0 Å². The zero-order chi connectivity index (χ0) is 11.7. The number of carbonyl (C=O) groups excluding carboxylic acids is 1. The van der Waals surface area contributed by atoms with Crippen LogP contribution in [-0.2, 0) is 9.47 Å². The smallest absolute Gasteiger partial charge is 1.00 e. The fourth-order valence-corrected chi connectivity index (χ4v) is 0.163. The third-order valence-electron chi connectivity index (χ3n) is 0.341. The number of rotatable bonds is 0. The van der Waals surface area contributed by atoms with Gasteiger partial charge in [0.25, 0.3) is 0 Å². The van der Waals surface area contributed by atoms with Crippen LogP contribution in [0.2, 0.25) is 0 Å². The standard InChI is InChI=1S/C3H2O7.CH2O3.2Na.2H/c4-1(5)9-3(8)10-2(6)7;2-1(3)4;;;;/h(H,4,5)(H,6,7);(H2,2,3,4);;;;/q;;2*+1;2*-1. The first-order chi connectivity index (χ1) is 6.25. The van der Waals surface area contributed by atoms with E-state index in [1.165, 1.54) is 0 Å². The maximum atomic E-state index is 9.86. The molecule has 0 saturated carbocycles. The molecule has 0 aliphatic rings. The van der Waals surface area contributed by atoms with Gasteiger partial charge in [-0.2, -0.15) is 0 Å². The molecular weight excluding hydrogens is 254 g/mol. The van der Waals surface area contributed by atoms with Crippen LogP contribution in [0.5, 0.6) is 0 Å². The van der Waals surface area contributed by atoms with E-state index in [9.17, 15) is 14.4 Å².